The standard InChI is InChI=1S/C20H25N3O.C8H12O4/c1-4-23(5-2)20(24)14-9-16-15-7-6-8-17-19(15)13(11-21-17)10-18(16)22(3)12-14;9-6(10)8(7(11)12)4-2-1-3-5-8/h6-9,11,14,18,21H,4-5,10,12H2,1-3H3;1-5H2,(H,9,10)(H,11,12)/t14-,18-;/m1./s1. The van der Waals surface area contributed by atoms with Gasteiger partial charge in [0.05, 0.1) is 5.92 Å². The number of rotatable bonds is 5. The second kappa shape index (κ2) is 10.5. The Morgan fingerprint density at radius 3 is 2.33 bits per heavy atom. The second-order valence-corrected chi connectivity index (χ2v) is 10.2. The first-order chi connectivity index (χ1) is 17.2. The van der Waals surface area contributed by atoms with Crippen molar-refractivity contribution >= 4 is 34.3 Å². The summed E-state index contributed by atoms with van der Waals surface area (Å²) in [5, 5.41) is 18.9. The summed E-state index contributed by atoms with van der Waals surface area (Å²) in [5.41, 5.74) is 3.72. The monoisotopic (exact) mass is 495 g/mol. The zero-order valence-corrected chi connectivity index (χ0v) is 21.4. The van der Waals surface area contributed by atoms with E-state index in [1.54, 1.807) is 0 Å². The van der Waals surface area contributed by atoms with E-state index < -0.39 is 17.4 Å². The van der Waals surface area contributed by atoms with Gasteiger partial charge in [-0.2, -0.15) is 0 Å². The first kappa shape index (κ1) is 25.9. The van der Waals surface area contributed by atoms with Crippen LogP contribution in [-0.2, 0) is 20.8 Å². The summed E-state index contributed by atoms with van der Waals surface area (Å²) in [4.78, 5) is 42.0. The quantitative estimate of drug-likeness (QED) is 0.540. The zero-order chi connectivity index (χ0) is 26.0. The van der Waals surface area contributed by atoms with E-state index in [1.807, 2.05) is 4.90 Å². The minimum atomic E-state index is -1.49. The number of nitrogens with zero attached hydrogens (tertiary/aromatic N) is 2. The van der Waals surface area contributed by atoms with Crippen molar-refractivity contribution in [1.82, 2.24) is 14.8 Å². The summed E-state index contributed by atoms with van der Waals surface area (Å²) >= 11 is 0. The van der Waals surface area contributed by atoms with Crippen molar-refractivity contribution in [2.24, 2.45) is 11.3 Å². The Morgan fingerprint density at radius 1 is 1.08 bits per heavy atom. The van der Waals surface area contributed by atoms with Gasteiger partial charge >= 0.3 is 11.9 Å². The smallest absolute Gasteiger partial charge is 0.321 e. The summed E-state index contributed by atoms with van der Waals surface area (Å²) < 4.78 is 0. The number of benzene rings is 1. The van der Waals surface area contributed by atoms with Gasteiger partial charge in [-0.15, -0.1) is 0 Å². The maximum absolute atomic E-state index is 12.9. The number of aliphatic carboxylic acids is 2. The van der Waals surface area contributed by atoms with E-state index in [9.17, 15) is 14.4 Å². The minimum Gasteiger partial charge on any atom is -0.480 e. The van der Waals surface area contributed by atoms with Gasteiger partial charge in [0.15, 0.2) is 5.41 Å². The summed E-state index contributed by atoms with van der Waals surface area (Å²) in [6.45, 7) is 6.47. The van der Waals surface area contributed by atoms with Gasteiger partial charge in [0.2, 0.25) is 5.91 Å². The van der Waals surface area contributed by atoms with Gasteiger partial charge in [0, 0.05) is 42.8 Å². The Bertz CT molecular complexity index is 1160. The van der Waals surface area contributed by atoms with Crippen LogP contribution in [0.4, 0.5) is 0 Å². The second-order valence-electron chi connectivity index (χ2n) is 10.2. The van der Waals surface area contributed by atoms with E-state index in [-0.39, 0.29) is 24.7 Å². The van der Waals surface area contributed by atoms with Gasteiger partial charge in [0.1, 0.15) is 0 Å². The molecule has 0 radical (unpaired) electrons. The van der Waals surface area contributed by atoms with Crippen LogP contribution in [-0.4, -0.2) is 75.6 Å². The Kier molecular flexibility index (Phi) is 7.54. The van der Waals surface area contributed by atoms with Crippen molar-refractivity contribution < 1.29 is 24.6 Å². The largest absolute Gasteiger partial charge is 0.480 e. The van der Waals surface area contributed by atoms with Crippen LogP contribution in [0.1, 0.15) is 57.1 Å². The fourth-order valence-corrected chi connectivity index (χ4v) is 6.05. The number of nitrogens with one attached hydrogen (secondary N) is 1. The average Bonchev–Trinajstić information content (AvgIpc) is 3.30. The van der Waals surface area contributed by atoms with Crippen LogP contribution in [0.3, 0.4) is 0 Å². The van der Waals surface area contributed by atoms with Gasteiger partial charge in [-0.1, -0.05) is 37.5 Å². The molecule has 1 amide bonds. The maximum atomic E-state index is 12.9. The first-order valence-electron chi connectivity index (χ1n) is 13.0. The molecule has 0 saturated heterocycles. The normalized spacial score (nSPS) is 22.6. The lowest BCUT2D eigenvalue weighted by molar-refractivity contribution is -0.167. The number of likely N-dealkylation sites (N-methyl/N-ethyl adjacent to an activating group) is 1. The van der Waals surface area contributed by atoms with E-state index >= 15 is 0 Å². The van der Waals surface area contributed by atoms with E-state index in [0.717, 1.165) is 32.5 Å². The predicted molar refractivity (Wildman–Crippen MR) is 139 cm³/mol. The molecule has 2 heterocycles. The molecule has 2 aliphatic carbocycles. The van der Waals surface area contributed by atoms with E-state index in [1.165, 1.54) is 27.6 Å². The third kappa shape index (κ3) is 4.54. The molecule has 1 fully saturated rings. The molecular weight excluding hydrogens is 458 g/mol. The molecule has 2 atom stereocenters. The van der Waals surface area contributed by atoms with Gasteiger partial charge in [0.25, 0.3) is 0 Å². The zero-order valence-electron chi connectivity index (χ0n) is 21.4. The molecule has 3 N–H and O–H groups in total. The summed E-state index contributed by atoms with van der Waals surface area (Å²) in [7, 11) is 2.15. The van der Waals surface area contributed by atoms with Crippen LogP contribution in [0.15, 0.2) is 30.5 Å². The number of amides is 1. The molecule has 1 aliphatic heterocycles. The number of hydrogen-bond acceptors (Lipinski definition) is 4. The topological polar surface area (TPSA) is 114 Å². The molecule has 2 aromatic rings. The molecule has 8 nitrogen and oxygen atoms in total. The molecule has 36 heavy (non-hydrogen) atoms. The third-order valence-electron chi connectivity index (χ3n) is 8.19. The van der Waals surface area contributed by atoms with Crippen molar-refractivity contribution in [2.45, 2.75) is 58.4 Å². The highest BCUT2D eigenvalue weighted by molar-refractivity contribution is 5.99. The molecule has 194 valence electrons. The maximum Gasteiger partial charge on any atom is 0.321 e. The molecule has 0 spiro atoms. The molecule has 1 aromatic carbocycles. The van der Waals surface area contributed by atoms with Gasteiger partial charge in [-0.3, -0.25) is 19.3 Å². The number of hydrogen-bond donors (Lipinski definition) is 3. The lowest BCUT2D eigenvalue weighted by Gasteiger charge is -2.40. The third-order valence-corrected chi connectivity index (χ3v) is 8.19. The van der Waals surface area contributed by atoms with Crippen molar-refractivity contribution in [3.63, 3.8) is 0 Å². The highest BCUT2D eigenvalue weighted by Crippen LogP contribution is 2.41. The lowest BCUT2D eigenvalue weighted by atomic mass is 9.74. The van der Waals surface area contributed by atoms with Crippen LogP contribution in [0, 0.1) is 11.3 Å². The summed E-state index contributed by atoms with van der Waals surface area (Å²) in [5.74, 6) is -2.16. The Morgan fingerprint density at radius 2 is 1.75 bits per heavy atom. The number of carbonyl (C=O) groups is 3. The SMILES string of the molecule is CCN(CC)C(=O)[C@@H]1C=C2c3cccc4[nH]cc(c34)C[C@H]2N(C)C1.O=C(O)C1(C(=O)O)CCCCC1. The van der Waals surface area contributed by atoms with Crippen molar-refractivity contribution in [3.05, 3.63) is 41.6 Å². The molecule has 1 saturated carbocycles. The van der Waals surface area contributed by atoms with Crippen LogP contribution in [0.5, 0.6) is 0 Å². The number of carboxylic acid groups (broad SMARTS) is 2. The van der Waals surface area contributed by atoms with Crippen LogP contribution >= 0.6 is 0 Å². The summed E-state index contributed by atoms with van der Waals surface area (Å²) in [6.07, 6.45) is 8.32. The average molecular weight is 496 g/mol. The van der Waals surface area contributed by atoms with Crippen LogP contribution < -0.4 is 0 Å². The highest BCUT2D eigenvalue weighted by atomic mass is 16.4. The first-order valence-corrected chi connectivity index (χ1v) is 13.0. The Hall–Kier alpha value is -3.13. The Balaban J connectivity index is 0.000000214. The van der Waals surface area contributed by atoms with Crippen molar-refractivity contribution in [2.75, 3.05) is 26.7 Å². The highest BCUT2D eigenvalue weighted by Gasteiger charge is 2.46. The number of carbonyl (C=O) groups excluding carboxylic acids is 1. The molecule has 1 aromatic heterocycles. The molecule has 3 aliphatic rings. The number of fused-ring (bicyclic) bond motifs is 2. The molecule has 0 unspecified atom stereocenters. The fraction of sp³-hybridized carbons (Fsp3) is 0.536. The predicted octanol–water partition coefficient (Wildman–Crippen LogP) is 4.01. The van der Waals surface area contributed by atoms with Crippen LogP contribution in [0.25, 0.3) is 16.5 Å². The molecule has 5 rings (SSSR count). The van der Waals surface area contributed by atoms with E-state index in [2.05, 4.69) is 61.3 Å². The van der Waals surface area contributed by atoms with Gasteiger partial charge in [-0.25, -0.2) is 0 Å². The summed E-state index contributed by atoms with van der Waals surface area (Å²) in [6, 6.07) is 6.82. The van der Waals surface area contributed by atoms with Gasteiger partial charge in [-0.05, 0) is 62.9 Å². The number of aromatic nitrogens is 1. The van der Waals surface area contributed by atoms with E-state index in [4.69, 9.17) is 10.2 Å². The number of aromatic amines is 1. The minimum absolute atomic E-state index is 0.0445. The van der Waals surface area contributed by atoms with Crippen molar-refractivity contribution in [3.8, 4) is 0 Å². The van der Waals surface area contributed by atoms with E-state index in [0.29, 0.717) is 18.9 Å². The molecule has 8 heteroatoms. The van der Waals surface area contributed by atoms with Gasteiger partial charge < -0.3 is 20.1 Å². The lowest BCUT2D eigenvalue weighted by Crippen LogP contribution is -2.47. The number of carboxylic acids is 2. The molecular formula is C28H37N3O5. The fourth-order valence-electron chi connectivity index (χ4n) is 6.05. The van der Waals surface area contributed by atoms with Crippen molar-refractivity contribution in [1.29, 1.82) is 0 Å². The number of H-pyrrole nitrogens is 1. The molecule has 0 bridgehead atoms. The van der Waals surface area contributed by atoms with Crippen LogP contribution in [0.2, 0.25) is 0 Å². The Labute approximate surface area is 212 Å².